The van der Waals surface area contributed by atoms with Crippen molar-refractivity contribution in [2.45, 2.75) is 0 Å². The summed E-state index contributed by atoms with van der Waals surface area (Å²) in [4.78, 5) is 12.9. The lowest BCUT2D eigenvalue weighted by Gasteiger charge is -2.10. The Hall–Kier alpha value is -1.05. The van der Waals surface area contributed by atoms with Gasteiger partial charge in [0.1, 0.15) is 6.61 Å². The molecule has 0 N–H and O–H groups in total. The summed E-state index contributed by atoms with van der Waals surface area (Å²) in [5.74, 6) is -0.407. The van der Waals surface area contributed by atoms with Gasteiger partial charge in [0, 0.05) is 6.54 Å². The molecule has 0 aromatic carbocycles. The van der Waals surface area contributed by atoms with Crippen molar-refractivity contribution in [3.63, 3.8) is 0 Å². The number of carbonyl (C=O) groups excluding carboxylic acids is 1. The molecule has 0 amide bonds. The fourth-order valence-electron chi connectivity index (χ4n) is 2.88. The minimum absolute atomic E-state index is 0.0699. The standard InChI is InChI=1S/C29H59NO14/c1-30(2)4-5-33-6-7-34-8-9-35-10-11-36-12-13-37-14-15-38-16-17-39-18-19-40-20-21-41-22-23-42-24-25-43-26-27-44-28-29(31)32-3/h4-28H2,1-3H3. The van der Waals surface area contributed by atoms with Crippen LogP contribution in [0.15, 0.2) is 0 Å². The maximum Gasteiger partial charge on any atom is 0.331 e. The van der Waals surface area contributed by atoms with Crippen molar-refractivity contribution in [2.75, 3.05) is 186 Å². The summed E-state index contributed by atoms with van der Waals surface area (Å²) in [5.41, 5.74) is 0. The molecule has 0 unspecified atom stereocenters. The van der Waals surface area contributed by atoms with Gasteiger partial charge in [0.15, 0.2) is 0 Å². The van der Waals surface area contributed by atoms with E-state index in [-0.39, 0.29) is 6.61 Å². The summed E-state index contributed by atoms with van der Waals surface area (Å²) in [6.07, 6.45) is 0. The highest BCUT2D eigenvalue weighted by Crippen LogP contribution is 1.88. The lowest BCUT2D eigenvalue weighted by molar-refractivity contribution is -0.146. The summed E-state index contributed by atoms with van der Waals surface area (Å²) in [6.45, 7) is 12.5. The van der Waals surface area contributed by atoms with Crippen molar-refractivity contribution in [2.24, 2.45) is 0 Å². The van der Waals surface area contributed by atoms with Crippen LogP contribution in [0.25, 0.3) is 0 Å². The summed E-state index contributed by atoms with van der Waals surface area (Å²) in [6, 6.07) is 0. The predicted octanol–water partition coefficient (Wildman–Crippen LogP) is -0.0798. The van der Waals surface area contributed by atoms with E-state index in [4.69, 9.17) is 56.8 Å². The Bertz CT molecular complexity index is 562. The zero-order valence-corrected chi connectivity index (χ0v) is 27.3. The molecule has 0 spiro atoms. The van der Waals surface area contributed by atoms with E-state index in [0.717, 1.165) is 6.54 Å². The Morgan fingerprint density at radius 1 is 0.364 bits per heavy atom. The van der Waals surface area contributed by atoms with Crippen molar-refractivity contribution in [1.29, 1.82) is 0 Å². The minimum Gasteiger partial charge on any atom is -0.467 e. The van der Waals surface area contributed by atoms with Gasteiger partial charge < -0.3 is 66.5 Å². The van der Waals surface area contributed by atoms with Crippen molar-refractivity contribution in [3.05, 3.63) is 0 Å². The Morgan fingerprint density at radius 2 is 0.568 bits per heavy atom. The molecule has 0 rings (SSSR count). The van der Waals surface area contributed by atoms with E-state index in [2.05, 4.69) is 9.64 Å². The first-order chi connectivity index (χ1) is 21.7. The van der Waals surface area contributed by atoms with Crippen molar-refractivity contribution in [1.82, 2.24) is 4.90 Å². The topological polar surface area (TPSA) is 140 Å². The van der Waals surface area contributed by atoms with Crippen LogP contribution in [0.3, 0.4) is 0 Å². The number of hydrogen-bond acceptors (Lipinski definition) is 15. The van der Waals surface area contributed by atoms with E-state index in [1.807, 2.05) is 14.1 Å². The first-order valence-corrected chi connectivity index (χ1v) is 15.3. The van der Waals surface area contributed by atoms with Gasteiger partial charge in [-0.15, -0.1) is 0 Å². The Kier molecular flexibility index (Phi) is 37.2. The van der Waals surface area contributed by atoms with Gasteiger partial charge in [0.05, 0.1) is 159 Å². The second kappa shape index (κ2) is 38.1. The first kappa shape index (κ1) is 43.0. The molecule has 0 aliphatic carbocycles. The number of carbonyl (C=O) groups is 1. The van der Waals surface area contributed by atoms with E-state index < -0.39 is 5.97 Å². The van der Waals surface area contributed by atoms with Crippen LogP contribution in [0.5, 0.6) is 0 Å². The Labute approximate surface area is 263 Å². The van der Waals surface area contributed by atoms with E-state index in [0.29, 0.717) is 152 Å². The maximum atomic E-state index is 10.9. The smallest absolute Gasteiger partial charge is 0.331 e. The number of rotatable bonds is 38. The van der Waals surface area contributed by atoms with Crippen molar-refractivity contribution < 1.29 is 66.4 Å². The maximum absolute atomic E-state index is 10.9. The summed E-state index contributed by atoms with van der Waals surface area (Å²) in [7, 11) is 5.35. The van der Waals surface area contributed by atoms with Crippen LogP contribution in [0.4, 0.5) is 0 Å². The third-order valence-corrected chi connectivity index (χ3v) is 5.22. The number of likely N-dealkylation sites (N-methyl/N-ethyl adjacent to an activating group) is 1. The van der Waals surface area contributed by atoms with E-state index in [1.165, 1.54) is 7.11 Å². The Morgan fingerprint density at radius 3 is 0.773 bits per heavy atom. The van der Waals surface area contributed by atoms with Crippen LogP contribution in [0.1, 0.15) is 0 Å². The predicted molar refractivity (Wildman–Crippen MR) is 160 cm³/mol. The molecule has 0 atom stereocenters. The number of hydrogen-bond donors (Lipinski definition) is 0. The monoisotopic (exact) mass is 645 g/mol. The third-order valence-electron chi connectivity index (χ3n) is 5.22. The van der Waals surface area contributed by atoms with Gasteiger partial charge >= 0.3 is 5.97 Å². The van der Waals surface area contributed by atoms with E-state index in [1.54, 1.807) is 0 Å². The molecular weight excluding hydrogens is 586 g/mol. The molecule has 15 nitrogen and oxygen atoms in total. The summed E-state index contributed by atoms with van der Waals surface area (Å²) >= 11 is 0. The molecule has 0 radical (unpaired) electrons. The molecule has 0 bridgehead atoms. The SMILES string of the molecule is COC(=O)COCCOCCOCCOCCOCCOCCOCCOCCOCCOCCOCCOCCN(C)C. The quantitative estimate of drug-likeness (QED) is 0.0653. The summed E-state index contributed by atoms with van der Waals surface area (Å²) < 4.78 is 69.3. The van der Waals surface area contributed by atoms with Crippen LogP contribution in [0, 0.1) is 0 Å². The van der Waals surface area contributed by atoms with Crippen molar-refractivity contribution >= 4 is 5.97 Å². The van der Waals surface area contributed by atoms with Crippen LogP contribution in [-0.2, 0) is 66.4 Å². The third kappa shape index (κ3) is 39.0. The largest absolute Gasteiger partial charge is 0.467 e. The van der Waals surface area contributed by atoms with Gasteiger partial charge in [0.25, 0.3) is 0 Å². The van der Waals surface area contributed by atoms with Gasteiger partial charge in [-0.25, -0.2) is 4.79 Å². The van der Waals surface area contributed by atoms with Gasteiger partial charge in [0.2, 0.25) is 0 Å². The second-order valence-corrected chi connectivity index (χ2v) is 9.17. The molecule has 264 valence electrons. The number of esters is 1. The molecular formula is C29H59NO14. The average Bonchev–Trinajstić information content (AvgIpc) is 3.02. The Balaban J connectivity index is 3.05. The zero-order valence-electron chi connectivity index (χ0n) is 27.3. The normalized spacial score (nSPS) is 11.5. The molecule has 0 aliphatic rings. The first-order valence-electron chi connectivity index (χ1n) is 15.3. The second-order valence-electron chi connectivity index (χ2n) is 9.17. The highest BCUT2D eigenvalue weighted by Gasteiger charge is 1.99. The molecule has 0 saturated heterocycles. The van der Waals surface area contributed by atoms with E-state index in [9.17, 15) is 4.79 Å². The molecule has 0 heterocycles. The number of ether oxygens (including phenoxy) is 13. The van der Waals surface area contributed by atoms with E-state index >= 15 is 0 Å². The molecule has 15 heteroatoms. The average molecular weight is 646 g/mol. The van der Waals surface area contributed by atoms with Crippen LogP contribution in [-0.4, -0.2) is 197 Å². The fraction of sp³-hybridized carbons (Fsp3) is 0.966. The van der Waals surface area contributed by atoms with Gasteiger partial charge in [-0.3, -0.25) is 0 Å². The minimum atomic E-state index is -0.407. The lowest BCUT2D eigenvalue weighted by Crippen LogP contribution is -2.19. The summed E-state index contributed by atoms with van der Waals surface area (Å²) in [5, 5.41) is 0. The van der Waals surface area contributed by atoms with Gasteiger partial charge in [-0.05, 0) is 14.1 Å². The molecule has 0 fully saturated rings. The van der Waals surface area contributed by atoms with Crippen molar-refractivity contribution in [3.8, 4) is 0 Å². The number of methoxy groups -OCH3 is 1. The van der Waals surface area contributed by atoms with Gasteiger partial charge in [-0.2, -0.15) is 0 Å². The van der Waals surface area contributed by atoms with Crippen LogP contribution >= 0.6 is 0 Å². The highest BCUT2D eigenvalue weighted by molar-refractivity contribution is 5.70. The molecule has 0 aromatic heterocycles. The number of nitrogens with zero attached hydrogens (tertiary/aromatic N) is 1. The molecule has 0 aliphatic heterocycles. The van der Waals surface area contributed by atoms with Crippen LogP contribution < -0.4 is 0 Å². The molecule has 0 saturated carbocycles. The molecule has 0 aromatic rings. The lowest BCUT2D eigenvalue weighted by atomic mass is 10.6. The van der Waals surface area contributed by atoms with Gasteiger partial charge in [-0.1, -0.05) is 0 Å². The molecule has 44 heavy (non-hydrogen) atoms. The highest BCUT2D eigenvalue weighted by atomic mass is 16.6. The van der Waals surface area contributed by atoms with Crippen LogP contribution in [0.2, 0.25) is 0 Å². The fourth-order valence-corrected chi connectivity index (χ4v) is 2.88. The zero-order chi connectivity index (χ0) is 32.0.